The number of benzene rings is 2. The third-order valence-corrected chi connectivity index (χ3v) is 9.84. The van der Waals surface area contributed by atoms with E-state index < -0.39 is 53.5 Å². The summed E-state index contributed by atoms with van der Waals surface area (Å²) < 4.78 is 13.2. The number of aryl methyl sites for hydroxylation is 2. The van der Waals surface area contributed by atoms with Gasteiger partial charge in [-0.15, -0.1) is 0 Å². The van der Waals surface area contributed by atoms with Gasteiger partial charge in [-0.05, 0) is 43.0 Å². The van der Waals surface area contributed by atoms with Crippen molar-refractivity contribution in [3.05, 3.63) is 87.9 Å². The van der Waals surface area contributed by atoms with Gasteiger partial charge in [0.2, 0.25) is 11.8 Å². The van der Waals surface area contributed by atoms with Crippen LogP contribution in [0, 0.1) is 25.7 Å². The van der Waals surface area contributed by atoms with E-state index in [2.05, 4.69) is 21.2 Å². The van der Waals surface area contributed by atoms with E-state index >= 15 is 0 Å². The molecule has 2 N–H and O–H groups in total. The predicted molar refractivity (Wildman–Crippen MR) is 169 cm³/mol. The Balaban J connectivity index is 1.47. The van der Waals surface area contributed by atoms with Crippen LogP contribution in [0.25, 0.3) is 0 Å². The van der Waals surface area contributed by atoms with Gasteiger partial charge in [0.1, 0.15) is 29.8 Å². The lowest BCUT2D eigenvalue weighted by Gasteiger charge is -2.36. The molecule has 2 aromatic rings. The van der Waals surface area contributed by atoms with Gasteiger partial charge in [-0.3, -0.25) is 19.2 Å². The summed E-state index contributed by atoms with van der Waals surface area (Å²) in [4.78, 5) is 58.9. The average Bonchev–Trinajstić information content (AvgIpc) is 3.61. The fourth-order valence-electron chi connectivity index (χ4n) is 7.21. The number of nitrogens with one attached hydrogen (secondary N) is 1. The second-order valence-electron chi connectivity index (χ2n) is 11.9. The zero-order valence-corrected chi connectivity index (χ0v) is 26.7. The summed E-state index contributed by atoms with van der Waals surface area (Å²) in [7, 11) is 0. The second kappa shape index (κ2) is 12.5. The first-order valence-electron chi connectivity index (χ1n) is 15.2. The zero-order valence-electron chi connectivity index (χ0n) is 25.1. The Morgan fingerprint density at radius 3 is 2.44 bits per heavy atom. The number of β-amino-alcohol motifs (C(OH)–C–C–N with tert-alkyl or cyclic N) is 1. The second-order valence-corrected chi connectivity index (χ2v) is 12.8. The van der Waals surface area contributed by atoms with Crippen LogP contribution >= 0.6 is 15.9 Å². The Labute approximate surface area is 270 Å². The molecular weight excluding hydrogens is 642 g/mol. The van der Waals surface area contributed by atoms with Gasteiger partial charge in [0.25, 0.3) is 5.91 Å². The molecule has 45 heavy (non-hydrogen) atoms. The summed E-state index contributed by atoms with van der Waals surface area (Å²) in [6.07, 6.45) is 4.45. The molecule has 2 saturated heterocycles. The fourth-order valence-corrected chi connectivity index (χ4v) is 7.94. The maximum absolute atomic E-state index is 14.8. The normalized spacial score (nSPS) is 31.0. The van der Waals surface area contributed by atoms with E-state index in [-0.39, 0.29) is 38.6 Å². The van der Waals surface area contributed by atoms with E-state index in [0.29, 0.717) is 22.2 Å². The van der Waals surface area contributed by atoms with Crippen LogP contribution in [0.2, 0.25) is 0 Å². The number of cyclic esters (lactones) is 1. The summed E-state index contributed by atoms with van der Waals surface area (Å²) >= 11 is 3.56. The van der Waals surface area contributed by atoms with E-state index in [0.717, 1.165) is 11.1 Å². The number of ether oxygens (including phenoxy) is 2. The number of hydrogen-bond acceptors (Lipinski definition) is 7. The predicted octanol–water partition coefficient (Wildman–Crippen LogP) is 3.25. The standard InChI is InChI=1S/C34H36BrN3O7/c1-20-10-9-11-21(2)28(20)37-15-8-4-7-14-25(40)36-19-24(22-12-5-3-6-13-22)44-33(43)26-27-31(41)38(16-17-39)30(32(37)42)34(27)18-23(35)29(26)45-34/h3-6,8-13,18,24,26-27,29-30,39H,7,14-17,19H2,1-2H3,(H,36,40)/b8-4-/t24-,26-,27+,29-,30-,34+/m1/s1. The first kappa shape index (κ1) is 31.2. The summed E-state index contributed by atoms with van der Waals surface area (Å²) in [5, 5.41) is 12.9. The number of allylic oxidation sites excluding steroid dienone is 1. The Bertz CT molecular complexity index is 1560. The molecular formula is C34H36BrN3O7. The van der Waals surface area contributed by atoms with Crippen LogP contribution in [0.5, 0.6) is 0 Å². The number of amides is 3. The molecule has 236 valence electrons. The van der Waals surface area contributed by atoms with Crippen molar-refractivity contribution < 1.29 is 33.8 Å². The Morgan fingerprint density at radius 1 is 1.00 bits per heavy atom. The van der Waals surface area contributed by atoms with Gasteiger partial charge in [-0.25, -0.2) is 0 Å². The van der Waals surface area contributed by atoms with Crippen LogP contribution in [0.15, 0.2) is 71.2 Å². The number of fused-ring (bicyclic) bond motifs is 2. The molecule has 4 aliphatic rings. The number of likely N-dealkylation sites (tertiary alicyclic amines) is 1. The first-order valence-corrected chi connectivity index (χ1v) is 16.0. The molecule has 4 heterocycles. The highest BCUT2D eigenvalue weighted by Crippen LogP contribution is 2.59. The number of anilines is 1. The number of para-hydroxylation sites is 1. The molecule has 0 aliphatic carbocycles. The van der Waals surface area contributed by atoms with Crippen molar-refractivity contribution in [1.29, 1.82) is 0 Å². The monoisotopic (exact) mass is 677 g/mol. The quantitative estimate of drug-likeness (QED) is 0.376. The van der Waals surface area contributed by atoms with Crippen LogP contribution in [-0.4, -0.2) is 77.7 Å². The van der Waals surface area contributed by atoms with Gasteiger partial charge in [-0.1, -0.05) is 76.6 Å². The third kappa shape index (κ3) is 5.40. The number of rotatable bonds is 4. The molecule has 6 atom stereocenters. The van der Waals surface area contributed by atoms with Crippen molar-refractivity contribution in [2.75, 3.05) is 31.1 Å². The molecule has 0 saturated carbocycles. The number of aliphatic hydroxyl groups excluding tert-OH is 1. The number of hydrogen-bond donors (Lipinski definition) is 2. The Hall–Kier alpha value is -3.80. The van der Waals surface area contributed by atoms with Crippen molar-refractivity contribution in [3.8, 4) is 0 Å². The third-order valence-electron chi connectivity index (χ3n) is 9.16. The fraction of sp³-hybridized carbons (Fsp3) is 0.412. The molecule has 3 amide bonds. The number of aliphatic hydroxyl groups is 1. The van der Waals surface area contributed by atoms with Gasteiger partial charge >= 0.3 is 5.97 Å². The first-order chi connectivity index (χ1) is 21.7. The van der Waals surface area contributed by atoms with Crippen LogP contribution < -0.4 is 10.2 Å². The van der Waals surface area contributed by atoms with Gasteiger partial charge < -0.3 is 29.7 Å². The number of nitrogens with zero attached hydrogens (tertiary/aromatic N) is 2. The molecule has 1 spiro atoms. The smallest absolute Gasteiger partial charge is 0.313 e. The lowest BCUT2D eigenvalue weighted by atomic mass is 9.74. The van der Waals surface area contributed by atoms with Crippen LogP contribution in [0.4, 0.5) is 5.69 Å². The minimum Gasteiger partial charge on any atom is -0.455 e. The maximum Gasteiger partial charge on any atom is 0.313 e. The minimum absolute atomic E-state index is 0.0510. The molecule has 0 unspecified atom stereocenters. The van der Waals surface area contributed by atoms with Crippen molar-refractivity contribution in [2.45, 2.75) is 50.5 Å². The highest BCUT2D eigenvalue weighted by atomic mass is 79.9. The van der Waals surface area contributed by atoms with Crippen molar-refractivity contribution in [1.82, 2.24) is 10.2 Å². The van der Waals surface area contributed by atoms with Crippen molar-refractivity contribution >= 4 is 45.3 Å². The van der Waals surface area contributed by atoms with Crippen LogP contribution in [-0.2, 0) is 28.7 Å². The van der Waals surface area contributed by atoms with E-state index in [9.17, 15) is 24.3 Å². The molecule has 4 aliphatic heterocycles. The minimum atomic E-state index is -1.46. The van der Waals surface area contributed by atoms with Gasteiger partial charge in [0.05, 0.1) is 19.1 Å². The van der Waals surface area contributed by atoms with Gasteiger partial charge in [-0.2, -0.15) is 0 Å². The molecule has 11 heteroatoms. The van der Waals surface area contributed by atoms with E-state index in [1.807, 2.05) is 74.5 Å². The number of carbonyl (C=O) groups excluding carboxylic acids is 4. The van der Waals surface area contributed by atoms with Gasteiger partial charge in [0.15, 0.2) is 0 Å². The molecule has 5 bridgehead atoms. The molecule has 2 fully saturated rings. The van der Waals surface area contributed by atoms with E-state index in [1.165, 1.54) is 4.90 Å². The number of halogens is 1. The molecule has 10 nitrogen and oxygen atoms in total. The van der Waals surface area contributed by atoms with E-state index in [4.69, 9.17) is 9.47 Å². The summed E-state index contributed by atoms with van der Waals surface area (Å²) in [5.74, 6) is -3.81. The van der Waals surface area contributed by atoms with Gasteiger partial charge in [0, 0.05) is 29.7 Å². The lowest BCUT2D eigenvalue weighted by molar-refractivity contribution is -0.159. The Kier molecular flexibility index (Phi) is 8.69. The number of esters is 1. The zero-order chi connectivity index (χ0) is 31.9. The molecule has 6 rings (SSSR count). The SMILES string of the molecule is Cc1cccc(C)c1N1C/C=C\CCC(=O)NC[C@H](c2ccccc2)OC(=O)[C@H]2[C@@H]3O[C@@]4(C=C3Br)[C@@H]2C(=O)N(CCO)[C@@H]4C1=O. The largest absolute Gasteiger partial charge is 0.455 e. The summed E-state index contributed by atoms with van der Waals surface area (Å²) in [6.45, 7) is 3.59. The van der Waals surface area contributed by atoms with Crippen molar-refractivity contribution in [3.63, 3.8) is 0 Å². The lowest BCUT2D eigenvalue weighted by Crippen LogP contribution is -2.56. The maximum atomic E-state index is 14.8. The molecule has 0 radical (unpaired) electrons. The highest BCUT2D eigenvalue weighted by molar-refractivity contribution is 9.11. The van der Waals surface area contributed by atoms with Crippen LogP contribution in [0.3, 0.4) is 0 Å². The number of carbonyl (C=O) groups is 4. The Morgan fingerprint density at radius 2 is 1.73 bits per heavy atom. The molecule has 0 aromatic heterocycles. The van der Waals surface area contributed by atoms with Crippen molar-refractivity contribution in [2.24, 2.45) is 11.8 Å². The van der Waals surface area contributed by atoms with Crippen LogP contribution in [0.1, 0.15) is 35.6 Å². The molecule has 2 aromatic carbocycles. The topological polar surface area (TPSA) is 125 Å². The summed E-state index contributed by atoms with van der Waals surface area (Å²) in [5.41, 5.74) is 1.68. The highest BCUT2D eigenvalue weighted by Gasteiger charge is 2.75. The average molecular weight is 679 g/mol. The van der Waals surface area contributed by atoms with E-state index in [1.54, 1.807) is 11.0 Å². The summed E-state index contributed by atoms with van der Waals surface area (Å²) in [6, 6.07) is 13.7.